The van der Waals surface area contributed by atoms with Gasteiger partial charge in [-0.15, -0.1) is 0 Å². The Hall–Kier alpha value is -3.05. The van der Waals surface area contributed by atoms with Gasteiger partial charge in [0, 0.05) is 44.5 Å². The van der Waals surface area contributed by atoms with Crippen molar-refractivity contribution in [1.82, 2.24) is 24.6 Å². The number of nitrogens with zero attached hydrogens (tertiary/aromatic N) is 6. The number of aryl methyl sites for hydroxylation is 1. The molecule has 2 aromatic heterocycles. The third-order valence-corrected chi connectivity index (χ3v) is 6.63. The zero-order valence-corrected chi connectivity index (χ0v) is 19.8. The van der Waals surface area contributed by atoms with E-state index in [9.17, 15) is 17.6 Å². The van der Waals surface area contributed by atoms with E-state index >= 15 is 0 Å². The summed E-state index contributed by atoms with van der Waals surface area (Å²) in [6.07, 6.45) is 3.08. The van der Waals surface area contributed by atoms with E-state index in [-0.39, 0.29) is 12.1 Å². The van der Waals surface area contributed by atoms with E-state index in [1.54, 1.807) is 17.3 Å². The number of fused-ring (bicyclic) bond motifs is 1. The predicted octanol–water partition coefficient (Wildman–Crippen LogP) is 4.17. The summed E-state index contributed by atoms with van der Waals surface area (Å²) in [7, 11) is 0. The van der Waals surface area contributed by atoms with Crippen LogP contribution in [0.15, 0.2) is 36.8 Å². The Morgan fingerprint density at radius 1 is 1.00 bits per heavy atom. The molecule has 3 aromatic rings. The molecule has 0 N–H and O–H groups in total. The smallest absolute Gasteiger partial charge is 0.379 e. The quantitative estimate of drug-likeness (QED) is 0.470. The highest BCUT2D eigenvalue weighted by Crippen LogP contribution is 2.34. The summed E-state index contributed by atoms with van der Waals surface area (Å²) in [6, 6.07) is 2.61. The molecule has 0 aliphatic carbocycles. The maximum absolute atomic E-state index is 13.9. The first-order chi connectivity index (χ1) is 17.4. The third-order valence-electron chi connectivity index (χ3n) is 6.63. The van der Waals surface area contributed by atoms with Gasteiger partial charge in [-0.05, 0) is 43.0 Å². The van der Waals surface area contributed by atoms with Crippen LogP contribution < -0.4 is 4.90 Å². The lowest BCUT2D eigenvalue weighted by molar-refractivity contribution is -0.138. The van der Waals surface area contributed by atoms with Gasteiger partial charge in [0.1, 0.15) is 5.82 Å². The molecule has 1 fully saturated rings. The molecule has 5 rings (SSSR count). The molecule has 0 atom stereocenters. The molecule has 1 saturated heterocycles. The third kappa shape index (κ3) is 5.67. The Morgan fingerprint density at radius 2 is 1.83 bits per heavy atom. The summed E-state index contributed by atoms with van der Waals surface area (Å²) < 4.78 is 61.9. The van der Waals surface area contributed by atoms with Gasteiger partial charge in [0.05, 0.1) is 49.1 Å². The lowest BCUT2D eigenvalue weighted by Crippen LogP contribution is -2.38. The maximum atomic E-state index is 13.9. The molecule has 0 unspecified atom stereocenters. The second-order valence-corrected chi connectivity index (χ2v) is 9.15. The molecule has 192 valence electrons. The Morgan fingerprint density at radius 3 is 2.64 bits per heavy atom. The van der Waals surface area contributed by atoms with E-state index in [4.69, 9.17) is 9.72 Å². The van der Waals surface area contributed by atoms with Crippen LogP contribution in [0.2, 0.25) is 0 Å². The van der Waals surface area contributed by atoms with Crippen molar-refractivity contribution in [1.29, 1.82) is 0 Å². The fourth-order valence-corrected chi connectivity index (χ4v) is 4.69. The summed E-state index contributed by atoms with van der Waals surface area (Å²) in [5, 5.41) is 4.45. The largest absolute Gasteiger partial charge is 0.416 e. The molecule has 4 heterocycles. The standard InChI is InChI=1S/C25H28F4N6O/c26-20-4-5-21(25(27,28)29)18(13-20)16-34-6-2-1-3-22-24(34)32-23(15-30-22)19-14-31-35(17-19)8-7-33-9-11-36-12-10-33/h4-5,13-15,17H,1-3,6-12,16H2. The lowest BCUT2D eigenvalue weighted by atomic mass is 10.1. The van der Waals surface area contributed by atoms with Gasteiger partial charge in [-0.25, -0.2) is 9.37 Å². The molecule has 36 heavy (non-hydrogen) atoms. The van der Waals surface area contributed by atoms with Gasteiger partial charge in [-0.2, -0.15) is 18.3 Å². The van der Waals surface area contributed by atoms with Crippen molar-refractivity contribution in [3.05, 3.63) is 59.4 Å². The topological polar surface area (TPSA) is 59.3 Å². The van der Waals surface area contributed by atoms with Crippen molar-refractivity contribution >= 4 is 5.82 Å². The minimum absolute atomic E-state index is 0.101. The molecule has 7 nitrogen and oxygen atoms in total. The number of rotatable bonds is 6. The van der Waals surface area contributed by atoms with Crippen molar-refractivity contribution in [2.75, 3.05) is 44.3 Å². The summed E-state index contributed by atoms with van der Waals surface area (Å²) in [5.74, 6) is -0.152. The molecule has 11 heteroatoms. The first-order valence-corrected chi connectivity index (χ1v) is 12.2. The first kappa shape index (κ1) is 24.6. The van der Waals surface area contributed by atoms with Gasteiger partial charge in [0.25, 0.3) is 0 Å². The van der Waals surface area contributed by atoms with E-state index in [1.807, 2.05) is 10.9 Å². The maximum Gasteiger partial charge on any atom is 0.416 e. The van der Waals surface area contributed by atoms with Gasteiger partial charge in [0.15, 0.2) is 5.82 Å². The fourth-order valence-electron chi connectivity index (χ4n) is 4.69. The van der Waals surface area contributed by atoms with Gasteiger partial charge in [-0.1, -0.05) is 0 Å². The number of morpholine rings is 1. The highest BCUT2D eigenvalue weighted by Gasteiger charge is 2.34. The summed E-state index contributed by atoms with van der Waals surface area (Å²) in [5.41, 5.74) is 1.19. The Labute approximate surface area is 206 Å². The number of hydrogen-bond acceptors (Lipinski definition) is 6. The van der Waals surface area contributed by atoms with Crippen molar-refractivity contribution in [3.63, 3.8) is 0 Å². The minimum Gasteiger partial charge on any atom is -0.379 e. The minimum atomic E-state index is -4.57. The van der Waals surface area contributed by atoms with Crippen LogP contribution in [-0.4, -0.2) is 64.0 Å². The van der Waals surface area contributed by atoms with Crippen molar-refractivity contribution in [3.8, 4) is 11.3 Å². The van der Waals surface area contributed by atoms with Crippen LogP contribution in [0.5, 0.6) is 0 Å². The molecular formula is C25H28F4N6O. The number of anilines is 1. The number of hydrogen-bond donors (Lipinski definition) is 0. The summed E-state index contributed by atoms with van der Waals surface area (Å²) in [4.78, 5) is 13.5. The summed E-state index contributed by atoms with van der Waals surface area (Å²) >= 11 is 0. The molecule has 1 aromatic carbocycles. The average molecular weight is 505 g/mol. The monoisotopic (exact) mass is 504 g/mol. The Balaban J connectivity index is 1.38. The summed E-state index contributed by atoms with van der Waals surface area (Å²) in [6.45, 7) is 5.29. The highest BCUT2D eigenvalue weighted by atomic mass is 19.4. The molecule has 0 bridgehead atoms. The SMILES string of the molecule is Fc1ccc(C(F)(F)F)c(CN2CCCCc3ncc(-c4cnn(CCN5CCOCC5)c4)nc32)c1. The second-order valence-electron chi connectivity index (χ2n) is 9.15. The number of ether oxygens (including phenoxy) is 1. The van der Waals surface area contributed by atoms with E-state index in [1.165, 1.54) is 0 Å². The first-order valence-electron chi connectivity index (χ1n) is 12.2. The fraction of sp³-hybridized carbons (Fsp3) is 0.480. The Bertz CT molecular complexity index is 1190. The predicted molar refractivity (Wildman–Crippen MR) is 126 cm³/mol. The van der Waals surface area contributed by atoms with Gasteiger partial charge in [0.2, 0.25) is 0 Å². The van der Waals surface area contributed by atoms with E-state index in [0.717, 1.165) is 81.7 Å². The van der Waals surface area contributed by atoms with Crippen molar-refractivity contribution < 1.29 is 22.3 Å². The van der Waals surface area contributed by atoms with E-state index < -0.39 is 17.6 Å². The lowest BCUT2D eigenvalue weighted by Gasteiger charge is -2.26. The van der Waals surface area contributed by atoms with Crippen LogP contribution in [0.1, 0.15) is 29.7 Å². The molecule has 0 spiro atoms. The normalized spacial score (nSPS) is 17.2. The van der Waals surface area contributed by atoms with Crippen LogP contribution in [-0.2, 0) is 30.4 Å². The van der Waals surface area contributed by atoms with Gasteiger partial charge >= 0.3 is 6.18 Å². The van der Waals surface area contributed by atoms with E-state index in [0.29, 0.717) is 24.5 Å². The number of halogens is 4. The molecule has 0 amide bonds. The highest BCUT2D eigenvalue weighted by molar-refractivity contribution is 5.60. The van der Waals surface area contributed by atoms with Crippen LogP contribution in [0.25, 0.3) is 11.3 Å². The van der Waals surface area contributed by atoms with Crippen molar-refractivity contribution in [2.45, 2.75) is 38.5 Å². The van der Waals surface area contributed by atoms with Crippen LogP contribution >= 0.6 is 0 Å². The van der Waals surface area contributed by atoms with Crippen LogP contribution in [0, 0.1) is 5.82 Å². The van der Waals surface area contributed by atoms with Crippen LogP contribution in [0.3, 0.4) is 0 Å². The zero-order chi connectivity index (χ0) is 25.1. The molecular weight excluding hydrogens is 476 g/mol. The second kappa shape index (κ2) is 10.5. The molecule has 0 radical (unpaired) electrons. The molecule has 0 saturated carbocycles. The molecule has 2 aliphatic heterocycles. The molecule has 2 aliphatic rings. The number of aromatic nitrogens is 4. The van der Waals surface area contributed by atoms with Crippen LogP contribution in [0.4, 0.5) is 23.4 Å². The Kier molecular flexibility index (Phi) is 7.20. The van der Waals surface area contributed by atoms with Gasteiger partial charge in [-0.3, -0.25) is 14.6 Å². The average Bonchev–Trinajstić information content (AvgIpc) is 3.25. The van der Waals surface area contributed by atoms with Gasteiger partial charge < -0.3 is 9.64 Å². The zero-order valence-electron chi connectivity index (χ0n) is 19.8. The number of benzene rings is 1. The van der Waals surface area contributed by atoms with E-state index in [2.05, 4.69) is 15.0 Å². The number of alkyl halides is 3. The van der Waals surface area contributed by atoms with Crippen molar-refractivity contribution in [2.24, 2.45) is 0 Å².